The fourth-order valence-corrected chi connectivity index (χ4v) is 4.53. The van der Waals surface area contributed by atoms with Crippen LogP contribution in [0.3, 0.4) is 0 Å². The zero-order chi connectivity index (χ0) is 26.7. The van der Waals surface area contributed by atoms with E-state index in [4.69, 9.17) is 9.72 Å². The summed E-state index contributed by atoms with van der Waals surface area (Å²) in [5.74, 6) is 0.0402. The smallest absolute Gasteiger partial charge is 0.282 e. The quantitative estimate of drug-likeness (QED) is 0.198. The van der Waals surface area contributed by atoms with Gasteiger partial charge in [0.15, 0.2) is 6.61 Å². The Labute approximate surface area is 235 Å². The van der Waals surface area contributed by atoms with Crippen molar-refractivity contribution in [2.24, 2.45) is 5.10 Å². The van der Waals surface area contributed by atoms with Crippen molar-refractivity contribution >= 4 is 67.2 Å². The summed E-state index contributed by atoms with van der Waals surface area (Å²) in [5, 5.41) is 7.43. The molecule has 0 atom stereocenters. The average molecular weight is 677 g/mol. The van der Waals surface area contributed by atoms with Gasteiger partial charge in [-0.1, -0.05) is 48.8 Å². The highest BCUT2D eigenvalue weighted by Crippen LogP contribution is 2.24. The minimum atomic E-state index is -0.517. The van der Waals surface area contributed by atoms with Gasteiger partial charge in [0.1, 0.15) is 17.4 Å². The largest absolute Gasteiger partial charge is 0.483 e. The molecule has 0 radical (unpaired) electrons. The molecule has 190 valence electrons. The number of anilines is 1. The van der Waals surface area contributed by atoms with Crippen LogP contribution in [0.2, 0.25) is 0 Å². The number of hydrogen-bond donors (Lipinski definition) is 1. The Morgan fingerprint density at radius 1 is 1.19 bits per heavy atom. The number of halogens is 3. The lowest BCUT2D eigenvalue weighted by molar-refractivity contribution is -0.118. The summed E-state index contributed by atoms with van der Waals surface area (Å²) >= 11 is 5.50. The summed E-state index contributed by atoms with van der Waals surface area (Å²) < 4.78 is 22.2. The number of rotatable bonds is 6. The summed E-state index contributed by atoms with van der Waals surface area (Å²) in [7, 11) is 0. The first-order valence-electron chi connectivity index (χ1n) is 11.3. The highest BCUT2D eigenvalue weighted by Gasteiger charge is 2.23. The third kappa shape index (κ3) is 6.42. The molecule has 0 unspecified atom stereocenters. The predicted octanol–water partition coefficient (Wildman–Crippen LogP) is 6.10. The molecule has 0 aliphatic heterocycles. The number of fused-ring (bicyclic) bond motifs is 1. The first-order valence-corrected chi connectivity index (χ1v) is 13.1. The van der Waals surface area contributed by atoms with Crippen LogP contribution in [0.15, 0.2) is 75.0 Å². The second-order valence-electron chi connectivity index (χ2n) is 9.21. The number of para-hydroxylation sites is 1. The van der Waals surface area contributed by atoms with E-state index in [9.17, 15) is 14.0 Å². The number of hydrogen-bond acceptors (Lipinski definition) is 5. The van der Waals surface area contributed by atoms with Crippen LogP contribution in [0.25, 0.3) is 10.9 Å². The summed E-state index contributed by atoms with van der Waals surface area (Å²) in [6.07, 6.45) is 1.58. The molecule has 0 fully saturated rings. The first-order chi connectivity index (χ1) is 17.5. The molecular weight excluding hydrogens is 654 g/mol. The lowest BCUT2D eigenvalue weighted by Crippen LogP contribution is -2.29. The maximum absolute atomic E-state index is 13.7. The molecule has 37 heavy (non-hydrogen) atoms. The van der Waals surface area contributed by atoms with E-state index in [-0.39, 0.29) is 17.9 Å². The molecule has 0 aliphatic rings. The second kappa shape index (κ2) is 11.1. The molecule has 0 bridgehead atoms. The number of nitrogens with one attached hydrogen (secondary N) is 1. The van der Waals surface area contributed by atoms with E-state index >= 15 is 0 Å². The Morgan fingerprint density at radius 2 is 1.95 bits per heavy atom. The van der Waals surface area contributed by atoms with Gasteiger partial charge in [-0.15, -0.1) is 0 Å². The molecule has 4 rings (SSSR count). The summed E-state index contributed by atoms with van der Waals surface area (Å²) in [6.45, 7) is 5.65. The van der Waals surface area contributed by atoms with Gasteiger partial charge in [-0.3, -0.25) is 9.59 Å². The monoisotopic (exact) mass is 676 g/mol. The fraction of sp³-hybridized carbons (Fsp3) is 0.185. The maximum atomic E-state index is 13.7. The molecule has 10 heteroatoms. The van der Waals surface area contributed by atoms with E-state index in [1.807, 2.05) is 39.0 Å². The SMILES string of the molecule is CC(C)(C)c1nc2ccc(Br)cc2c(=O)n1N=Cc1ccc(OCC(=O)Nc2ccccc2F)c(I)c1. The number of carbonyl (C=O) groups is 1. The van der Waals surface area contributed by atoms with Gasteiger partial charge < -0.3 is 10.1 Å². The standard InChI is InChI=1S/C27H23BrFIN4O3/c1-27(2,3)26-33-21-10-9-17(28)13-18(21)25(36)34(26)31-14-16-8-11-23(20(30)12-16)37-15-24(35)32-22-7-5-4-6-19(22)29/h4-14H,15H2,1-3H3,(H,32,35). The van der Waals surface area contributed by atoms with Gasteiger partial charge in [-0.2, -0.15) is 9.78 Å². The van der Waals surface area contributed by atoms with E-state index in [0.717, 1.165) is 13.6 Å². The summed E-state index contributed by atoms with van der Waals surface area (Å²) in [5.41, 5.74) is 0.752. The van der Waals surface area contributed by atoms with Crippen molar-refractivity contribution < 1.29 is 13.9 Å². The zero-order valence-electron chi connectivity index (χ0n) is 20.3. The van der Waals surface area contributed by atoms with E-state index in [1.165, 1.54) is 16.8 Å². The highest BCUT2D eigenvalue weighted by atomic mass is 127. The number of aromatic nitrogens is 2. The third-order valence-electron chi connectivity index (χ3n) is 5.26. The van der Waals surface area contributed by atoms with Crippen molar-refractivity contribution in [3.8, 4) is 5.75 Å². The minimum absolute atomic E-state index is 0.0952. The zero-order valence-corrected chi connectivity index (χ0v) is 24.0. The average Bonchev–Trinajstić information content (AvgIpc) is 2.84. The number of nitrogens with zero attached hydrogens (tertiary/aromatic N) is 3. The molecule has 7 nitrogen and oxygen atoms in total. The summed E-state index contributed by atoms with van der Waals surface area (Å²) in [4.78, 5) is 30.2. The fourth-order valence-electron chi connectivity index (χ4n) is 3.47. The van der Waals surface area contributed by atoms with Crippen LogP contribution in [0, 0.1) is 9.39 Å². The van der Waals surface area contributed by atoms with Gasteiger partial charge in [0.05, 0.1) is 26.4 Å². The topological polar surface area (TPSA) is 85.6 Å². The molecule has 4 aromatic rings. The van der Waals surface area contributed by atoms with E-state index in [2.05, 4.69) is 48.9 Å². The van der Waals surface area contributed by atoms with Crippen LogP contribution >= 0.6 is 38.5 Å². The van der Waals surface area contributed by atoms with E-state index in [1.54, 1.807) is 36.5 Å². The van der Waals surface area contributed by atoms with Crippen molar-refractivity contribution in [2.45, 2.75) is 26.2 Å². The van der Waals surface area contributed by atoms with Crippen LogP contribution in [0.1, 0.15) is 32.2 Å². The third-order valence-corrected chi connectivity index (χ3v) is 6.60. The highest BCUT2D eigenvalue weighted by molar-refractivity contribution is 14.1. The second-order valence-corrected chi connectivity index (χ2v) is 11.3. The van der Waals surface area contributed by atoms with Gasteiger partial charge in [0, 0.05) is 9.89 Å². The molecule has 1 N–H and O–H groups in total. The number of benzene rings is 3. The maximum Gasteiger partial charge on any atom is 0.282 e. The van der Waals surface area contributed by atoms with E-state index < -0.39 is 17.1 Å². The van der Waals surface area contributed by atoms with Crippen molar-refractivity contribution in [1.29, 1.82) is 0 Å². The molecule has 0 saturated heterocycles. The van der Waals surface area contributed by atoms with Gasteiger partial charge in [-0.25, -0.2) is 9.37 Å². The molecule has 0 aliphatic carbocycles. The van der Waals surface area contributed by atoms with Crippen LogP contribution in [-0.2, 0) is 10.2 Å². The molecule has 1 aromatic heterocycles. The van der Waals surface area contributed by atoms with E-state index in [0.29, 0.717) is 22.5 Å². The summed E-state index contributed by atoms with van der Waals surface area (Å²) in [6, 6.07) is 16.6. The van der Waals surface area contributed by atoms with Crippen LogP contribution in [-0.4, -0.2) is 28.4 Å². The Morgan fingerprint density at radius 3 is 2.65 bits per heavy atom. The normalized spacial score (nSPS) is 11.7. The predicted molar refractivity (Wildman–Crippen MR) is 155 cm³/mol. The van der Waals surface area contributed by atoms with Crippen molar-refractivity contribution in [3.63, 3.8) is 0 Å². The molecule has 0 saturated carbocycles. The van der Waals surface area contributed by atoms with Crippen molar-refractivity contribution in [2.75, 3.05) is 11.9 Å². The Balaban J connectivity index is 1.54. The molecule has 1 heterocycles. The first kappa shape index (κ1) is 26.9. The Hall–Kier alpha value is -3.12. The van der Waals surface area contributed by atoms with Gasteiger partial charge in [0.25, 0.3) is 11.5 Å². The lowest BCUT2D eigenvalue weighted by atomic mass is 9.95. The Bertz CT molecular complexity index is 1580. The molecule has 0 spiro atoms. The van der Waals surface area contributed by atoms with Crippen molar-refractivity contribution in [3.05, 3.63) is 96.3 Å². The Kier molecular flexibility index (Phi) is 8.08. The number of amides is 1. The molecular formula is C27H23BrFIN4O3. The lowest BCUT2D eigenvalue weighted by Gasteiger charge is -2.20. The number of carbonyl (C=O) groups excluding carboxylic acids is 1. The van der Waals surface area contributed by atoms with Crippen LogP contribution < -0.4 is 15.6 Å². The molecule has 3 aromatic carbocycles. The van der Waals surface area contributed by atoms with Gasteiger partial charge >= 0.3 is 0 Å². The van der Waals surface area contributed by atoms with Crippen LogP contribution in [0.4, 0.5) is 10.1 Å². The van der Waals surface area contributed by atoms with Crippen LogP contribution in [0.5, 0.6) is 5.75 Å². The van der Waals surface area contributed by atoms with Gasteiger partial charge in [0.2, 0.25) is 0 Å². The minimum Gasteiger partial charge on any atom is -0.483 e. The number of ether oxygens (including phenoxy) is 1. The van der Waals surface area contributed by atoms with Gasteiger partial charge in [-0.05, 0) is 76.7 Å². The van der Waals surface area contributed by atoms with Crippen molar-refractivity contribution in [1.82, 2.24) is 9.66 Å². The molecule has 1 amide bonds.